The molecule has 0 bridgehead atoms. The number of rotatable bonds is 6. The Morgan fingerprint density at radius 3 is 2.32 bits per heavy atom. The summed E-state index contributed by atoms with van der Waals surface area (Å²) in [5.41, 5.74) is 7.36. The van der Waals surface area contributed by atoms with E-state index in [0.717, 1.165) is 24.0 Å². The van der Waals surface area contributed by atoms with Crippen LogP contribution in [0.2, 0.25) is 0 Å². The molecule has 0 radical (unpaired) electrons. The van der Waals surface area contributed by atoms with Crippen molar-refractivity contribution < 1.29 is 13.2 Å². The molecule has 1 heterocycles. The molecule has 3 rings (SSSR count). The summed E-state index contributed by atoms with van der Waals surface area (Å²) >= 11 is 0. The van der Waals surface area contributed by atoms with Gasteiger partial charge in [-0.25, -0.2) is 8.42 Å². The zero-order chi connectivity index (χ0) is 19.8. The first-order chi connectivity index (χ1) is 12.7. The molecule has 6 nitrogen and oxygen atoms in total. The Labute approximate surface area is 174 Å². The van der Waals surface area contributed by atoms with E-state index in [0.29, 0.717) is 43.3 Å². The number of hydrogen-bond acceptors (Lipinski definition) is 4. The van der Waals surface area contributed by atoms with Crippen molar-refractivity contribution in [1.29, 1.82) is 0 Å². The average molecular weight is 430 g/mol. The smallest absolute Gasteiger partial charge is 0.243 e. The first kappa shape index (κ1) is 23.1. The summed E-state index contributed by atoms with van der Waals surface area (Å²) in [7, 11) is -3.52. The number of halogens is 1. The highest BCUT2D eigenvalue weighted by atomic mass is 35.5. The standard InChI is InChI=1S/C20H31N3O3S.ClH/c1-14-4-7-18(15(2)12-14)27(25,26)23-10-8-16(9-11-23)19(24)22-20(3,13-21)17-5-6-17;/h4,7,12,16-17H,5-6,8-11,13,21H2,1-3H3,(H,22,24);1H. The summed E-state index contributed by atoms with van der Waals surface area (Å²) in [6, 6.07) is 5.39. The molecule has 28 heavy (non-hydrogen) atoms. The normalized spacial score (nSPS) is 20.9. The fourth-order valence-electron chi connectivity index (χ4n) is 4.01. The number of aryl methyl sites for hydroxylation is 2. The van der Waals surface area contributed by atoms with Crippen molar-refractivity contribution in [2.45, 2.75) is 56.9 Å². The molecule has 0 spiro atoms. The Morgan fingerprint density at radius 1 is 1.21 bits per heavy atom. The molecule has 3 N–H and O–H groups in total. The number of nitrogens with zero attached hydrogens (tertiary/aromatic N) is 1. The molecule has 1 atom stereocenters. The minimum absolute atomic E-state index is 0. The van der Waals surface area contributed by atoms with Gasteiger partial charge in [0.2, 0.25) is 15.9 Å². The molecule has 1 aliphatic carbocycles. The van der Waals surface area contributed by atoms with E-state index >= 15 is 0 Å². The monoisotopic (exact) mass is 429 g/mol. The van der Waals surface area contributed by atoms with E-state index in [9.17, 15) is 13.2 Å². The van der Waals surface area contributed by atoms with Gasteiger partial charge in [0.15, 0.2) is 0 Å². The number of sulfonamides is 1. The molecule has 1 aliphatic heterocycles. The number of hydrogen-bond donors (Lipinski definition) is 2. The van der Waals surface area contributed by atoms with Crippen LogP contribution in [0.5, 0.6) is 0 Å². The van der Waals surface area contributed by atoms with Crippen LogP contribution in [0.3, 0.4) is 0 Å². The van der Waals surface area contributed by atoms with E-state index in [-0.39, 0.29) is 29.8 Å². The van der Waals surface area contributed by atoms with Gasteiger partial charge in [-0.1, -0.05) is 17.7 Å². The van der Waals surface area contributed by atoms with Crippen molar-refractivity contribution in [2.75, 3.05) is 19.6 Å². The maximum Gasteiger partial charge on any atom is 0.243 e. The molecule has 1 saturated heterocycles. The number of piperidine rings is 1. The minimum Gasteiger partial charge on any atom is -0.349 e. The highest BCUT2D eigenvalue weighted by Crippen LogP contribution is 2.39. The third kappa shape index (κ3) is 4.70. The van der Waals surface area contributed by atoms with E-state index in [4.69, 9.17) is 5.73 Å². The molecule has 158 valence electrons. The molecule has 1 aromatic carbocycles. The first-order valence-corrected chi connectivity index (χ1v) is 11.2. The van der Waals surface area contributed by atoms with Crippen molar-refractivity contribution in [3.05, 3.63) is 29.3 Å². The lowest BCUT2D eigenvalue weighted by atomic mass is 9.92. The lowest BCUT2D eigenvalue weighted by molar-refractivity contribution is -0.128. The largest absolute Gasteiger partial charge is 0.349 e. The highest BCUT2D eigenvalue weighted by molar-refractivity contribution is 7.89. The van der Waals surface area contributed by atoms with Gasteiger partial charge in [0.25, 0.3) is 0 Å². The predicted octanol–water partition coefficient (Wildman–Crippen LogP) is 2.37. The van der Waals surface area contributed by atoms with E-state index in [1.54, 1.807) is 6.07 Å². The van der Waals surface area contributed by atoms with Crippen molar-refractivity contribution >= 4 is 28.3 Å². The van der Waals surface area contributed by atoms with Gasteiger partial charge in [-0.2, -0.15) is 4.31 Å². The van der Waals surface area contributed by atoms with Gasteiger partial charge in [-0.05, 0) is 64.0 Å². The Kier molecular flexibility index (Phi) is 7.18. The van der Waals surface area contributed by atoms with Crippen LogP contribution >= 0.6 is 12.4 Å². The maximum absolute atomic E-state index is 13.0. The second-order valence-electron chi connectivity index (χ2n) is 8.33. The number of nitrogens with two attached hydrogens (primary N) is 1. The summed E-state index contributed by atoms with van der Waals surface area (Å²) in [5.74, 6) is 0.329. The molecule has 1 amide bonds. The van der Waals surface area contributed by atoms with Crippen LogP contribution in [-0.2, 0) is 14.8 Å². The SMILES string of the molecule is Cc1ccc(S(=O)(=O)N2CCC(C(=O)NC(C)(CN)C3CC3)CC2)c(C)c1.Cl. The molecule has 1 saturated carbocycles. The van der Waals surface area contributed by atoms with E-state index in [1.807, 2.05) is 32.9 Å². The van der Waals surface area contributed by atoms with E-state index in [2.05, 4.69) is 5.32 Å². The molecular formula is C20H32ClN3O3S. The molecule has 1 unspecified atom stereocenters. The fourth-order valence-corrected chi connectivity index (χ4v) is 5.69. The van der Waals surface area contributed by atoms with Crippen LogP contribution in [0.1, 0.15) is 43.7 Å². The number of amides is 1. The maximum atomic E-state index is 13.0. The van der Waals surface area contributed by atoms with Gasteiger partial charge in [0.05, 0.1) is 10.4 Å². The molecule has 0 aromatic heterocycles. The topological polar surface area (TPSA) is 92.5 Å². The van der Waals surface area contributed by atoms with Crippen molar-refractivity contribution in [1.82, 2.24) is 9.62 Å². The summed E-state index contributed by atoms with van der Waals surface area (Å²) in [4.78, 5) is 13.0. The molecule has 1 aromatic rings. The van der Waals surface area contributed by atoms with Crippen LogP contribution in [0.25, 0.3) is 0 Å². The predicted molar refractivity (Wildman–Crippen MR) is 113 cm³/mol. The number of carbonyl (C=O) groups excluding carboxylic acids is 1. The Hall–Kier alpha value is -1.15. The van der Waals surface area contributed by atoms with Gasteiger partial charge in [0.1, 0.15) is 0 Å². The molecule has 2 aliphatic rings. The van der Waals surface area contributed by atoms with Crippen LogP contribution in [0.4, 0.5) is 0 Å². The first-order valence-electron chi connectivity index (χ1n) is 9.77. The van der Waals surface area contributed by atoms with Crippen LogP contribution < -0.4 is 11.1 Å². The van der Waals surface area contributed by atoms with Gasteiger partial charge >= 0.3 is 0 Å². The van der Waals surface area contributed by atoms with E-state index < -0.39 is 10.0 Å². The Bertz CT molecular complexity index is 818. The number of carbonyl (C=O) groups is 1. The second kappa shape index (κ2) is 8.69. The fraction of sp³-hybridized carbons (Fsp3) is 0.650. The van der Waals surface area contributed by atoms with Gasteiger partial charge in [-0.15, -0.1) is 12.4 Å². The molecular weight excluding hydrogens is 398 g/mol. The number of benzene rings is 1. The van der Waals surface area contributed by atoms with Crippen molar-refractivity contribution in [3.8, 4) is 0 Å². The van der Waals surface area contributed by atoms with Gasteiger partial charge in [0, 0.05) is 25.6 Å². The summed E-state index contributed by atoms with van der Waals surface area (Å²) in [6.45, 7) is 6.97. The third-order valence-corrected chi connectivity index (χ3v) is 8.14. The molecule has 8 heteroatoms. The summed E-state index contributed by atoms with van der Waals surface area (Å²) in [5, 5.41) is 3.14. The van der Waals surface area contributed by atoms with Gasteiger partial charge in [-0.3, -0.25) is 4.79 Å². The lowest BCUT2D eigenvalue weighted by Crippen LogP contribution is -2.55. The minimum atomic E-state index is -3.52. The lowest BCUT2D eigenvalue weighted by Gasteiger charge is -2.35. The highest BCUT2D eigenvalue weighted by Gasteiger charge is 2.43. The quantitative estimate of drug-likeness (QED) is 0.726. The molecule has 2 fully saturated rings. The summed E-state index contributed by atoms with van der Waals surface area (Å²) in [6.07, 6.45) is 3.31. The Balaban J connectivity index is 0.00000280. The van der Waals surface area contributed by atoms with Crippen LogP contribution in [0, 0.1) is 25.7 Å². The number of nitrogens with one attached hydrogen (secondary N) is 1. The van der Waals surface area contributed by atoms with E-state index in [1.165, 1.54) is 4.31 Å². The zero-order valence-corrected chi connectivity index (χ0v) is 18.5. The van der Waals surface area contributed by atoms with Crippen LogP contribution in [-0.4, -0.2) is 43.8 Å². The third-order valence-electron chi connectivity index (χ3n) is 6.08. The second-order valence-corrected chi connectivity index (χ2v) is 10.2. The summed E-state index contributed by atoms with van der Waals surface area (Å²) < 4.78 is 27.5. The zero-order valence-electron chi connectivity index (χ0n) is 16.9. The van der Waals surface area contributed by atoms with Crippen molar-refractivity contribution in [3.63, 3.8) is 0 Å². The van der Waals surface area contributed by atoms with Crippen LogP contribution in [0.15, 0.2) is 23.1 Å². The Morgan fingerprint density at radius 2 is 1.82 bits per heavy atom. The average Bonchev–Trinajstić information content (AvgIpc) is 3.47. The van der Waals surface area contributed by atoms with Gasteiger partial charge < -0.3 is 11.1 Å². The van der Waals surface area contributed by atoms with Crippen molar-refractivity contribution in [2.24, 2.45) is 17.6 Å².